The molecule has 1 fully saturated rings. The summed E-state index contributed by atoms with van der Waals surface area (Å²) in [6, 6.07) is 0. The van der Waals surface area contributed by atoms with Crippen molar-refractivity contribution >= 4 is 0 Å². The van der Waals surface area contributed by atoms with E-state index in [0.717, 1.165) is 4.57 Å². The summed E-state index contributed by atoms with van der Waals surface area (Å²) < 4.78 is 6.13. The van der Waals surface area contributed by atoms with E-state index in [2.05, 4.69) is 0 Å². The highest BCUT2D eigenvalue weighted by atomic mass is 16.6. The zero-order valence-electron chi connectivity index (χ0n) is 10.6. The van der Waals surface area contributed by atoms with Gasteiger partial charge in [-0.2, -0.15) is 0 Å². The van der Waals surface area contributed by atoms with E-state index in [1.54, 1.807) is 0 Å². The van der Waals surface area contributed by atoms with Crippen LogP contribution < -0.4 is 11.2 Å². The normalized spacial score (nSPS) is 34.1. The number of aliphatic hydroxyl groups is 4. The number of aromatic nitrogens is 2. The third-order valence-corrected chi connectivity index (χ3v) is 3.29. The van der Waals surface area contributed by atoms with Gasteiger partial charge in [-0.3, -0.25) is 14.3 Å². The Hall–Kier alpha value is -1.52. The van der Waals surface area contributed by atoms with Crippen molar-refractivity contribution < 1.29 is 25.2 Å². The molecule has 0 saturated carbocycles. The average Bonchev–Trinajstić information content (AvgIpc) is 2.41. The molecule has 0 bridgehead atoms. The molecule has 112 valence electrons. The van der Waals surface area contributed by atoms with Crippen LogP contribution in [0, 0.1) is 6.92 Å². The van der Waals surface area contributed by atoms with Crippen LogP contribution in [0.25, 0.3) is 0 Å². The molecule has 0 radical (unpaired) electrons. The van der Waals surface area contributed by atoms with Crippen LogP contribution >= 0.6 is 0 Å². The van der Waals surface area contributed by atoms with E-state index in [0.29, 0.717) is 0 Å². The Bertz CT molecular complexity index is 593. The number of aryl methyl sites for hydroxylation is 1. The van der Waals surface area contributed by atoms with Gasteiger partial charge in [0.25, 0.3) is 5.56 Å². The number of aliphatic hydroxyl groups excluding tert-OH is 4. The van der Waals surface area contributed by atoms with Gasteiger partial charge >= 0.3 is 5.69 Å². The van der Waals surface area contributed by atoms with Crippen LogP contribution in [0.5, 0.6) is 0 Å². The smallest absolute Gasteiger partial charge is 0.330 e. The van der Waals surface area contributed by atoms with Crippen molar-refractivity contribution in [1.82, 2.24) is 9.55 Å². The van der Waals surface area contributed by atoms with Crippen LogP contribution in [-0.4, -0.2) is 61.0 Å². The van der Waals surface area contributed by atoms with E-state index in [4.69, 9.17) is 9.84 Å². The van der Waals surface area contributed by atoms with Crippen LogP contribution in [0.4, 0.5) is 0 Å². The Kier molecular flexibility index (Phi) is 4.06. The Morgan fingerprint density at radius 3 is 2.50 bits per heavy atom. The second kappa shape index (κ2) is 5.46. The summed E-state index contributed by atoms with van der Waals surface area (Å²) in [5.74, 6) is 0. The predicted octanol–water partition coefficient (Wildman–Crippen LogP) is -3.18. The zero-order chi connectivity index (χ0) is 15.0. The molecule has 5 atom stereocenters. The number of ether oxygens (including phenoxy) is 1. The summed E-state index contributed by atoms with van der Waals surface area (Å²) in [4.78, 5) is 25.1. The van der Waals surface area contributed by atoms with E-state index in [1.165, 1.54) is 13.1 Å². The number of hydrogen-bond acceptors (Lipinski definition) is 7. The molecular formula is C11H16N2O7. The third kappa shape index (κ3) is 2.41. The molecule has 1 saturated heterocycles. The van der Waals surface area contributed by atoms with Gasteiger partial charge in [0, 0.05) is 11.8 Å². The fraction of sp³-hybridized carbons (Fsp3) is 0.636. The highest BCUT2D eigenvalue weighted by Gasteiger charge is 2.44. The predicted molar refractivity (Wildman–Crippen MR) is 65.1 cm³/mol. The van der Waals surface area contributed by atoms with Crippen molar-refractivity contribution in [2.45, 2.75) is 37.6 Å². The molecule has 2 heterocycles. The number of nitrogens with zero attached hydrogens (tertiary/aromatic N) is 1. The highest BCUT2D eigenvalue weighted by Crippen LogP contribution is 2.27. The summed E-state index contributed by atoms with van der Waals surface area (Å²) >= 11 is 0. The monoisotopic (exact) mass is 288 g/mol. The molecule has 0 amide bonds. The van der Waals surface area contributed by atoms with Gasteiger partial charge in [0.05, 0.1) is 6.61 Å². The van der Waals surface area contributed by atoms with Crippen LogP contribution in [-0.2, 0) is 4.74 Å². The summed E-state index contributed by atoms with van der Waals surface area (Å²) in [7, 11) is 0. The summed E-state index contributed by atoms with van der Waals surface area (Å²) in [6.45, 7) is 0.858. The van der Waals surface area contributed by atoms with E-state index < -0.39 is 48.5 Å². The van der Waals surface area contributed by atoms with Gasteiger partial charge in [-0.25, -0.2) is 4.79 Å². The molecule has 20 heavy (non-hydrogen) atoms. The second-order valence-electron chi connectivity index (χ2n) is 4.70. The average molecular weight is 288 g/mol. The van der Waals surface area contributed by atoms with E-state index in [9.17, 15) is 24.9 Å². The molecule has 1 aliphatic heterocycles. The quantitative estimate of drug-likeness (QED) is 0.385. The maximum atomic E-state index is 11.7. The molecule has 9 heteroatoms. The fourth-order valence-electron chi connectivity index (χ4n) is 2.09. The van der Waals surface area contributed by atoms with E-state index in [-0.39, 0.29) is 5.56 Å². The standard InChI is InChI=1S/C11H16N2O7/c1-4-2-13(11(19)12-9(4)18)10-8(17)7(16)6(15)5(3-14)20-10/h2,5-8,10,14-17H,3H2,1H3,(H,12,18,19)/t5?,6-,7?,8?,10+/m0/s1. The molecule has 0 aliphatic carbocycles. The minimum Gasteiger partial charge on any atom is -0.394 e. The van der Waals surface area contributed by atoms with Gasteiger partial charge in [0.2, 0.25) is 0 Å². The zero-order valence-corrected chi connectivity index (χ0v) is 10.6. The lowest BCUT2D eigenvalue weighted by Gasteiger charge is -2.40. The topological polar surface area (TPSA) is 145 Å². The van der Waals surface area contributed by atoms with Crippen molar-refractivity contribution in [3.8, 4) is 0 Å². The van der Waals surface area contributed by atoms with Gasteiger partial charge in [0.1, 0.15) is 24.4 Å². The molecule has 1 aromatic heterocycles. The first kappa shape index (κ1) is 14.9. The Morgan fingerprint density at radius 2 is 1.90 bits per heavy atom. The Morgan fingerprint density at radius 1 is 1.25 bits per heavy atom. The lowest BCUT2D eigenvalue weighted by atomic mass is 9.98. The van der Waals surface area contributed by atoms with Gasteiger partial charge in [-0.05, 0) is 6.92 Å². The maximum Gasteiger partial charge on any atom is 0.330 e. The van der Waals surface area contributed by atoms with Gasteiger partial charge in [0.15, 0.2) is 6.23 Å². The SMILES string of the molecule is Cc1cn([C@@H]2OC(CO)[C@H](O)C(O)C2O)c(=O)[nH]c1=O. The molecule has 5 N–H and O–H groups in total. The number of rotatable bonds is 2. The van der Waals surface area contributed by atoms with Gasteiger partial charge in [-0.15, -0.1) is 0 Å². The van der Waals surface area contributed by atoms with Crippen molar-refractivity contribution in [2.24, 2.45) is 0 Å². The lowest BCUT2D eigenvalue weighted by Crippen LogP contribution is -2.58. The summed E-state index contributed by atoms with van der Waals surface area (Å²) in [5.41, 5.74) is -1.19. The third-order valence-electron chi connectivity index (χ3n) is 3.29. The van der Waals surface area contributed by atoms with Crippen LogP contribution in [0.2, 0.25) is 0 Å². The first-order chi connectivity index (χ1) is 9.36. The van der Waals surface area contributed by atoms with Crippen molar-refractivity contribution in [1.29, 1.82) is 0 Å². The minimum atomic E-state index is -1.59. The van der Waals surface area contributed by atoms with Gasteiger partial charge in [-0.1, -0.05) is 0 Å². The molecule has 9 nitrogen and oxygen atoms in total. The van der Waals surface area contributed by atoms with Crippen molar-refractivity contribution in [3.05, 3.63) is 32.6 Å². The number of H-pyrrole nitrogens is 1. The molecule has 0 aromatic carbocycles. The number of hydrogen-bond donors (Lipinski definition) is 5. The summed E-state index contributed by atoms with van der Waals surface area (Å²) in [5, 5.41) is 38.3. The van der Waals surface area contributed by atoms with Crippen LogP contribution in [0.1, 0.15) is 11.8 Å². The molecular weight excluding hydrogens is 272 g/mol. The molecule has 1 aromatic rings. The molecule has 1 aliphatic rings. The lowest BCUT2D eigenvalue weighted by molar-refractivity contribution is -0.252. The largest absolute Gasteiger partial charge is 0.394 e. The second-order valence-corrected chi connectivity index (χ2v) is 4.70. The maximum absolute atomic E-state index is 11.7. The van der Waals surface area contributed by atoms with Gasteiger partial charge < -0.3 is 25.2 Å². The number of nitrogens with one attached hydrogen (secondary N) is 1. The Labute approximate surface area is 112 Å². The van der Waals surface area contributed by atoms with Crippen LogP contribution in [0.3, 0.4) is 0 Å². The molecule has 2 rings (SSSR count). The fourth-order valence-corrected chi connectivity index (χ4v) is 2.09. The minimum absolute atomic E-state index is 0.210. The van der Waals surface area contributed by atoms with Crippen LogP contribution in [0.15, 0.2) is 15.8 Å². The first-order valence-electron chi connectivity index (χ1n) is 5.99. The first-order valence-corrected chi connectivity index (χ1v) is 5.99. The van der Waals surface area contributed by atoms with E-state index in [1.807, 2.05) is 4.98 Å². The molecule has 0 spiro atoms. The molecule has 3 unspecified atom stereocenters. The number of aromatic amines is 1. The highest BCUT2D eigenvalue weighted by molar-refractivity contribution is 5.03. The Balaban J connectivity index is 2.44. The van der Waals surface area contributed by atoms with Crippen molar-refractivity contribution in [3.63, 3.8) is 0 Å². The van der Waals surface area contributed by atoms with E-state index >= 15 is 0 Å². The van der Waals surface area contributed by atoms with Crippen molar-refractivity contribution in [2.75, 3.05) is 6.61 Å². The summed E-state index contributed by atoms with van der Waals surface area (Å²) in [6.07, 6.45) is -5.97.